The molecular formula is C14H16N2O. The number of rotatable bonds is 4. The van der Waals surface area contributed by atoms with Crippen molar-refractivity contribution in [2.24, 2.45) is 0 Å². The van der Waals surface area contributed by atoms with Crippen LogP contribution in [0, 0.1) is 0 Å². The van der Waals surface area contributed by atoms with Crippen LogP contribution < -0.4 is 10.1 Å². The highest BCUT2D eigenvalue weighted by atomic mass is 16.5. The van der Waals surface area contributed by atoms with Gasteiger partial charge in [0.1, 0.15) is 5.75 Å². The fourth-order valence-electron chi connectivity index (χ4n) is 1.95. The zero-order valence-corrected chi connectivity index (χ0v) is 10.1. The second-order valence-corrected chi connectivity index (χ2v) is 3.75. The Morgan fingerprint density at radius 3 is 2.59 bits per heavy atom. The van der Waals surface area contributed by atoms with E-state index < -0.39 is 0 Å². The summed E-state index contributed by atoms with van der Waals surface area (Å²) in [4.78, 5) is 4.07. The van der Waals surface area contributed by atoms with E-state index >= 15 is 0 Å². The van der Waals surface area contributed by atoms with Gasteiger partial charge in [-0.05, 0) is 18.7 Å². The molecule has 0 saturated carbocycles. The van der Waals surface area contributed by atoms with Crippen LogP contribution in [0.1, 0.15) is 17.2 Å². The minimum atomic E-state index is 0.120. The van der Waals surface area contributed by atoms with Gasteiger partial charge in [0.15, 0.2) is 0 Å². The summed E-state index contributed by atoms with van der Waals surface area (Å²) in [5.74, 6) is 0.802. The maximum Gasteiger partial charge on any atom is 0.142 e. The first kappa shape index (κ1) is 11.6. The van der Waals surface area contributed by atoms with E-state index in [0.717, 1.165) is 11.3 Å². The van der Waals surface area contributed by atoms with Crippen molar-refractivity contribution in [3.63, 3.8) is 0 Å². The first-order valence-electron chi connectivity index (χ1n) is 5.57. The van der Waals surface area contributed by atoms with Crippen LogP contribution in [0.5, 0.6) is 5.75 Å². The maximum atomic E-state index is 5.35. The molecule has 1 heterocycles. The van der Waals surface area contributed by atoms with Gasteiger partial charge in [-0.15, -0.1) is 0 Å². The number of hydrogen-bond donors (Lipinski definition) is 1. The predicted octanol–water partition coefficient (Wildman–Crippen LogP) is 2.40. The Balaban J connectivity index is 2.42. The lowest BCUT2D eigenvalue weighted by atomic mass is 9.99. The molecule has 2 aromatic rings. The molecule has 2 rings (SSSR count). The van der Waals surface area contributed by atoms with E-state index in [1.54, 1.807) is 19.5 Å². The molecule has 17 heavy (non-hydrogen) atoms. The van der Waals surface area contributed by atoms with Gasteiger partial charge in [0.05, 0.1) is 19.3 Å². The van der Waals surface area contributed by atoms with Crippen LogP contribution in [0.2, 0.25) is 0 Å². The van der Waals surface area contributed by atoms with Crippen molar-refractivity contribution in [1.82, 2.24) is 10.3 Å². The second-order valence-electron chi connectivity index (χ2n) is 3.75. The summed E-state index contributed by atoms with van der Waals surface area (Å²) < 4.78 is 5.35. The lowest BCUT2D eigenvalue weighted by Crippen LogP contribution is -2.18. The Morgan fingerprint density at radius 1 is 1.18 bits per heavy atom. The van der Waals surface area contributed by atoms with E-state index in [9.17, 15) is 0 Å². The van der Waals surface area contributed by atoms with E-state index in [1.165, 1.54) is 5.56 Å². The molecule has 0 bridgehead atoms. The van der Waals surface area contributed by atoms with Crippen LogP contribution in [0.4, 0.5) is 0 Å². The quantitative estimate of drug-likeness (QED) is 0.872. The summed E-state index contributed by atoms with van der Waals surface area (Å²) in [6.07, 6.45) is 3.52. The number of nitrogens with one attached hydrogen (secondary N) is 1. The first-order chi connectivity index (χ1) is 8.36. The minimum absolute atomic E-state index is 0.120. The normalized spacial score (nSPS) is 12.1. The van der Waals surface area contributed by atoms with Gasteiger partial charge in [0.2, 0.25) is 0 Å². The Labute approximate surface area is 101 Å². The molecule has 0 radical (unpaired) electrons. The molecule has 0 aliphatic rings. The number of pyridine rings is 1. The molecule has 1 unspecified atom stereocenters. The Bertz CT molecular complexity index is 471. The van der Waals surface area contributed by atoms with Gasteiger partial charge < -0.3 is 10.1 Å². The van der Waals surface area contributed by atoms with E-state index in [4.69, 9.17) is 4.74 Å². The Kier molecular flexibility index (Phi) is 3.73. The van der Waals surface area contributed by atoms with Crippen LogP contribution in [-0.2, 0) is 0 Å². The molecule has 0 aliphatic carbocycles. The number of ether oxygens (including phenoxy) is 1. The molecule has 1 aromatic carbocycles. The summed E-state index contributed by atoms with van der Waals surface area (Å²) in [6.45, 7) is 0. The van der Waals surface area contributed by atoms with Crippen LogP contribution in [0.15, 0.2) is 48.8 Å². The third-order valence-electron chi connectivity index (χ3n) is 2.77. The molecule has 0 saturated heterocycles. The first-order valence-corrected chi connectivity index (χ1v) is 5.57. The molecule has 1 aromatic heterocycles. The number of benzene rings is 1. The highest BCUT2D eigenvalue weighted by Crippen LogP contribution is 2.28. The van der Waals surface area contributed by atoms with Crippen LogP contribution in [0.3, 0.4) is 0 Å². The van der Waals surface area contributed by atoms with Gasteiger partial charge in [0.25, 0.3) is 0 Å². The molecule has 0 fully saturated rings. The smallest absolute Gasteiger partial charge is 0.142 e. The number of hydrogen-bond acceptors (Lipinski definition) is 3. The summed E-state index contributed by atoms with van der Waals surface area (Å²) in [6, 6.07) is 12.4. The number of aromatic nitrogens is 1. The van der Waals surface area contributed by atoms with Crippen LogP contribution in [-0.4, -0.2) is 19.1 Å². The van der Waals surface area contributed by atoms with E-state index in [1.807, 2.05) is 31.3 Å². The minimum Gasteiger partial charge on any atom is -0.495 e. The van der Waals surface area contributed by atoms with E-state index in [2.05, 4.69) is 22.4 Å². The molecule has 1 N–H and O–H groups in total. The zero-order chi connectivity index (χ0) is 12.1. The third kappa shape index (κ3) is 2.45. The third-order valence-corrected chi connectivity index (χ3v) is 2.77. The van der Waals surface area contributed by atoms with Crippen molar-refractivity contribution in [3.8, 4) is 5.75 Å². The molecule has 1 atom stereocenters. The summed E-state index contributed by atoms with van der Waals surface area (Å²) in [5, 5.41) is 3.30. The van der Waals surface area contributed by atoms with Gasteiger partial charge in [-0.2, -0.15) is 0 Å². The molecule has 3 nitrogen and oxygen atoms in total. The van der Waals surface area contributed by atoms with Gasteiger partial charge in [-0.1, -0.05) is 30.3 Å². The highest BCUT2D eigenvalue weighted by Gasteiger charge is 2.15. The summed E-state index contributed by atoms with van der Waals surface area (Å²) in [7, 11) is 3.61. The second kappa shape index (κ2) is 5.46. The largest absolute Gasteiger partial charge is 0.495 e. The lowest BCUT2D eigenvalue weighted by Gasteiger charge is -2.19. The molecule has 0 spiro atoms. The Hall–Kier alpha value is -1.87. The monoisotopic (exact) mass is 228 g/mol. The van der Waals surface area contributed by atoms with Crippen molar-refractivity contribution in [2.75, 3.05) is 14.2 Å². The SMILES string of the molecule is CNC(c1ccccc1)c1ccncc1OC. The number of nitrogens with zero attached hydrogens (tertiary/aromatic N) is 1. The van der Waals surface area contributed by atoms with Gasteiger partial charge >= 0.3 is 0 Å². The fourth-order valence-corrected chi connectivity index (χ4v) is 1.95. The standard InChI is InChI=1S/C14H16N2O/c1-15-14(11-6-4-3-5-7-11)12-8-9-16-10-13(12)17-2/h3-10,14-15H,1-2H3. The topological polar surface area (TPSA) is 34.2 Å². The van der Waals surface area contributed by atoms with Crippen molar-refractivity contribution in [2.45, 2.75) is 6.04 Å². The van der Waals surface area contributed by atoms with Crippen molar-refractivity contribution in [3.05, 3.63) is 59.9 Å². The van der Waals surface area contributed by atoms with Crippen molar-refractivity contribution >= 4 is 0 Å². The zero-order valence-electron chi connectivity index (χ0n) is 10.1. The van der Waals surface area contributed by atoms with Crippen molar-refractivity contribution < 1.29 is 4.74 Å². The van der Waals surface area contributed by atoms with Crippen LogP contribution in [0.25, 0.3) is 0 Å². The molecular weight excluding hydrogens is 212 g/mol. The summed E-state index contributed by atoms with van der Waals surface area (Å²) in [5.41, 5.74) is 2.30. The van der Waals surface area contributed by atoms with E-state index in [-0.39, 0.29) is 6.04 Å². The van der Waals surface area contributed by atoms with Crippen LogP contribution >= 0.6 is 0 Å². The van der Waals surface area contributed by atoms with E-state index in [0.29, 0.717) is 0 Å². The molecule has 0 amide bonds. The Morgan fingerprint density at radius 2 is 1.94 bits per heavy atom. The average molecular weight is 228 g/mol. The maximum absolute atomic E-state index is 5.35. The fraction of sp³-hybridized carbons (Fsp3) is 0.214. The molecule has 88 valence electrons. The van der Waals surface area contributed by atoms with Crippen molar-refractivity contribution in [1.29, 1.82) is 0 Å². The predicted molar refractivity (Wildman–Crippen MR) is 68.1 cm³/mol. The number of methoxy groups -OCH3 is 1. The van der Waals surface area contributed by atoms with Gasteiger partial charge in [-0.25, -0.2) is 0 Å². The average Bonchev–Trinajstić information content (AvgIpc) is 2.41. The summed E-state index contributed by atoms with van der Waals surface area (Å²) >= 11 is 0. The highest BCUT2D eigenvalue weighted by molar-refractivity contribution is 5.39. The lowest BCUT2D eigenvalue weighted by molar-refractivity contribution is 0.403. The molecule has 0 aliphatic heterocycles. The van der Waals surface area contributed by atoms with Gasteiger partial charge in [-0.3, -0.25) is 4.98 Å². The molecule has 3 heteroatoms. The van der Waals surface area contributed by atoms with Gasteiger partial charge in [0, 0.05) is 11.8 Å².